The molecule has 2 rings (SSSR count). The first-order valence-electron chi connectivity index (χ1n) is 6.22. The highest BCUT2D eigenvalue weighted by Gasteiger charge is 2.16. The molecule has 1 aromatic rings. The van der Waals surface area contributed by atoms with E-state index in [-0.39, 0.29) is 0 Å². The molecule has 0 spiro atoms. The van der Waals surface area contributed by atoms with Gasteiger partial charge in [0, 0.05) is 18.3 Å². The SMILES string of the molecule is CSCCNC1CCCCc2ccccc21. The summed E-state index contributed by atoms with van der Waals surface area (Å²) in [7, 11) is 0. The first kappa shape index (κ1) is 12.0. The Morgan fingerprint density at radius 2 is 2.19 bits per heavy atom. The van der Waals surface area contributed by atoms with Gasteiger partial charge in [-0.2, -0.15) is 11.8 Å². The van der Waals surface area contributed by atoms with Crippen molar-refractivity contribution in [3.8, 4) is 0 Å². The molecule has 2 heteroatoms. The highest BCUT2D eigenvalue weighted by atomic mass is 32.2. The number of benzene rings is 1. The minimum absolute atomic E-state index is 0.589. The van der Waals surface area contributed by atoms with Crippen molar-refractivity contribution >= 4 is 11.8 Å². The summed E-state index contributed by atoms with van der Waals surface area (Å²) in [6, 6.07) is 9.53. The molecule has 0 radical (unpaired) electrons. The van der Waals surface area contributed by atoms with Crippen molar-refractivity contribution in [3.05, 3.63) is 35.4 Å². The summed E-state index contributed by atoms with van der Waals surface area (Å²) in [5, 5.41) is 3.70. The van der Waals surface area contributed by atoms with E-state index in [1.807, 2.05) is 11.8 Å². The molecule has 0 aliphatic heterocycles. The van der Waals surface area contributed by atoms with E-state index in [0.717, 1.165) is 6.54 Å². The molecule has 0 bridgehead atoms. The van der Waals surface area contributed by atoms with Crippen LogP contribution >= 0.6 is 11.8 Å². The number of rotatable bonds is 4. The maximum absolute atomic E-state index is 3.70. The highest BCUT2D eigenvalue weighted by molar-refractivity contribution is 7.98. The van der Waals surface area contributed by atoms with Crippen LogP contribution in [0.3, 0.4) is 0 Å². The van der Waals surface area contributed by atoms with Gasteiger partial charge in [-0.1, -0.05) is 30.7 Å². The average Bonchev–Trinajstić information content (AvgIpc) is 2.52. The number of fused-ring (bicyclic) bond motifs is 1. The third-order valence-electron chi connectivity index (χ3n) is 3.32. The van der Waals surface area contributed by atoms with Gasteiger partial charge in [-0.15, -0.1) is 0 Å². The molecule has 1 aliphatic rings. The fraction of sp³-hybridized carbons (Fsp3) is 0.571. The van der Waals surface area contributed by atoms with Crippen LogP contribution in [-0.2, 0) is 6.42 Å². The highest BCUT2D eigenvalue weighted by Crippen LogP contribution is 2.28. The van der Waals surface area contributed by atoms with E-state index < -0.39 is 0 Å². The Balaban J connectivity index is 2.06. The summed E-state index contributed by atoms with van der Waals surface area (Å²) in [6.07, 6.45) is 7.42. The summed E-state index contributed by atoms with van der Waals surface area (Å²) in [4.78, 5) is 0. The third kappa shape index (κ3) is 3.02. The van der Waals surface area contributed by atoms with Gasteiger partial charge in [0.15, 0.2) is 0 Å². The quantitative estimate of drug-likeness (QED) is 0.634. The molecule has 1 N–H and O–H groups in total. The Labute approximate surface area is 103 Å². The average molecular weight is 235 g/mol. The molecule has 0 aromatic heterocycles. The molecule has 16 heavy (non-hydrogen) atoms. The first-order valence-corrected chi connectivity index (χ1v) is 7.61. The van der Waals surface area contributed by atoms with Crippen molar-refractivity contribution in [2.45, 2.75) is 31.7 Å². The molecular formula is C14H21NS. The van der Waals surface area contributed by atoms with Crippen LogP contribution in [0.4, 0.5) is 0 Å². The van der Waals surface area contributed by atoms with Crippen molar-refractivity contribution in [3.63, 3.8) is 0 Å². The molecule has 0 saturated heterocycles. The van der Waals surface area contributed by atoms with E-state index in [2.05, 4.69) is 35.8 Å². The molecule has 1 atom stereocenters. The largest absolute Gasteiger partial charge is 0.309 e. The maximum atomic E-state index is 3.70. The second-order valence-corrected chi connectivity index (χ2v) is 5.43. The molecule has 1 nitrogen and oxygen atoms in total. The fourth-order valence-corrected chi connectivity index (χ4v) is 2.79. The van der Waals surface area contributed by atoms with Crippen molar-refractivity contribution < 1.29 is 0 Å². The van der Waals surface area contributed by atoms with Crippen LogP contribution in [0.1, 0.15) is 36.4 Å². The van der Waals surface area contributed by atoms with Gasteiger partial charge in [0.05, 0.1) is 0 Å². The van der Waals surface area contributed by atoms with Crippen LogP contribution in [0.15, 0.2) is 24.3 Å². The number of hydrogen-bond acceptors (Lipinski definition) is 2. The molecule has 1 aliphatic carbocycles. The normalized spacial score (nSPS) is 20.2. The van der Waals surface area contributed by atoms with E-state index in [1.165, 1.54) is 31.4 Å². The monoisotopic (exact) mass is 235 g/mol. The molecule has 0 fully saturated rings. The predicted octanol–water partition coefficient (Wildman–Crippen LogP) is 3.41. The number of aryl methyl sites for hydroxylation is 1. The van der Waals surface area contributed by atoms with Crippen molar-refractivity contribution in [2.75, 3.05) is 18.6 Å². The zero-order valence-electron chi connectivity index (χ0n) is 10.0. The van der Waals surface area contributed by atoms with Crippen LogP contribution in [0.25, 0.3) is 0 Å². The third-order valence-corrected chi connectivity index (χ3v) is 3.93. The Hall–Kier alpha value is -0.470. The maximum Gasteiger partial charge on any atom is 0.0323 e. The van der Waals surface area contributed by atoms with E-state index in [1.54, 1.807) is 11.1 Å². The van der Waals surface area contributed by atoms with E-state index >= 15 is 0 Å². The van der Waals surface area contributed by atoms with Crippen LogP contribution in [0, 0.1) is 0 Å². The first-order chi connectivity index (χ1) is 7.92. The van der Waals surface area contributed by atoms with Gasteiger partial charge in [-0.25, -0.2) is 0 Å². The lowest BCUT2D eigenvalue weighted by Gasteiger charge is -2.19. The van der Waals surface area contributed by atoms with Crippen molar-refractivity contribution in [1.29, 1.82) is 0 Å². The molecule has 0 amide bonds. The standard InChI is InChI=1S/C14H21NS/c1-16-11-10-15-14-9-5-3-7-12-6-2-4-8-13(12)14/h2,4,6,8,14-15H,3,5,7,9-11H2,1H3. The summed E-state index contributed by atoms with van der Waals surface area (Å²) in [6.45, 7) is 1.13. The van der Waals surface area contributed by atoms with Crippen LogP contribution in [0.5, 0.6) is 0 Å². The minimum Gasteiger partial charge on any atom is -0.309 e. The lowest BCUT2D eigenvalue weighted by atomic mass is 9.99. The van der Waals surface area contributed by atoms with Gasteiger partial charge in [0.25, 0.3) is 0 Å². The van der Waals surface area contributed by atoms with Gasteiger partial charge in [0.2, 0.25) is 0 Å². The summed E-state index contributed by atoms with van der Waals surface area (Å²) < 4.78 is 0. The van der Waals surface area contributed by atoms with Gasteiger partial charge >= 0.3 is 0 Å². The van der Waals surface area contributed by atoms with Crippen LogP contribution in [-0.4, -0.2) is 18.6 Å². The number of thioether (sulfide) groups is 1. The lowest BCUT2D eigenvalue weighted by Crippen LogP contribution is -2.23. The minimum atomic E-state index is 0.589. The van der Waals surface area contributed by atoms with Gasteiger partial charge in [-0.05, 0) is 36.6 Å². The van der Waals surface area contributed by atoms with Gasteiger partial charge in [0.1, 0.15) is 0 Å². The molecule has 88 valence electrons. The predicted molar refractivity (Wildman–Crippen MR) is 73.1 cm³/mol. The second kappa shape index (κ2) is 6.31. The van der Waals surface area contributed by atoms with Crippen LogP contribution in [0.2, 0.25) is 0 Å². The lowest BCUT2D eigenvalue weighted by molar-refractivity contribution is 0.506. The molecule has 1 aromatic carbocycles. The van der Waals surface area contributed by atoms with Gasteiger partial charge < -0.3 is 5.32 Å². The summed E-state index contributed by atoms with van der Waals surface area (Å²) in [5.74, 6) is 1.21. The summed E-state index contributed by atoms with van der Waals surface area (Å²) >= 11 is 1.91. The Kier molecular flexibility index (Phi) is 4.73. The second-order valence-electron chi connectivity index (χ2n) is 4.44. The molecule has 0 saturated carbocycles. The van der Waals surface area contributed by atoms with E-state index in [4.69, 9.17) is 0 Å². The van der Waals surface area contributed by atoms with Crippen molar-refractivity contribution in [1.82, 2.24) is 5.32 Å². The van der Waals surface area contributed by atoms with Crippen LogP contribution < -0.4 is 5.32 Å². The zero-order chi connectivity index (χ0) is 11.2. The fourth-order valence-electron chi connectivity index (χ4n) is 2.47. The molecule has 0 heterocycles. The number of nitrogens with one attached hydrogen (secondary N) is 1. The topological polar surface area (TPSA) is 12.0 Å². The van der Waals surface area contributed by atoms with Gasteiger partial charge in [-0.3, -0.25) is 0 Å². The zero-order valence-corrected chi connectivity index (χ0v) is 10.9. The van der Waals surface area contributed by atoms with E-state index in [0.29, 0.717) is 6.04 Å². The van der Waals surface area contributed by atoms with E-state index in [9.17, 15) is 0 Å². The van der Waals surface area contributed by atoms with Crippen molar-refractivity contribution in [2.24, 2.45) is 0 Å². The molecule has 1 unspecified atom stereocenters. The summed E-state index contributed by atoms with van der Waals surface area (Å²) in [5.41, 5.74) is 3.10. The Bertz CT molecular complexity index is 324. The smallest absolute Gasteiger partial charge is 0.0323 e. The molecular weight excluding hydrogens is 214 g/mol. The Morgan fingerprint density at radius 1 is 1.31 bits per heavy atom. The number of hydrogen-bond donors (Lipinski definition) is 1. The Morgan fingerprint density at radius 3 is 3.06 bits per heavy atom.